The lowest BCUT2D eigenvalue weighted by atomic mass is 10.00. The van der Waals surface area contributed by atoms with Crippen LogP contribution in [0.1, 0.15) is 309 Å². The van der Waals surface area contributed by atoms with Crippen LogP contribution in [0.25, 0.3) is 0 Å². The van der Waals surface area contributed by atoms with Gasteiger partial charge < -0.3 is 25.7 Å². The molecule has 0 aliphatic carbocycles. The number of unbranched alkanes of at least 4 members (excludes halogenated alkanes) is 40. The predicted molar refractivity (Wildman–Crippen MR) is 279 cm³/mol. The van der Waals surface area contributed by atoms with E-state index in [1.165, 1.54) is 238 Å². The third kappa shape index (κ3) is 45.9. The highest BCUT2D eigenvalue weighted by atomic mass is 16.3. The van der Waals surface area contributed by atoms with E-state index in [1.807, 2.05) is 0 Å². The highest BCUT2D eigenvalue weighted by molar-refractivity contribution is 5.80. The molecule has 4 unspecified atom stereocenters. The van der Waals surface area contributed by atoms with Crippen LogP contribution in [0.5, 0.6) is 0 Å². The zero-order valence-electron chi connectivity index (χ0n) is 43.0. The Bertz CT molecular complexity index is 970. The lowest BCUT2D eigenvalue weighted by molar-refractivity contribution is -0.132. The summed E-state index contributed by atoms with van der Waals surface area (Å²) >= 11 is 0. The molecular weight excluding hydrogens is 791 g/mol. The van der Waals surface area contributed by atoms with Crippen molar-refractivity contribution in [1.82, 2.24) is 5.32 Å². The van der Waals surface area contributed by atoms with Crippen LogP contribution in [-0.2, 0) is 4.79 Å². The number of hydrogen-bond donors (Lipinski definition) is 5. The number of carbonyl (C=O) groups excluding carboxylic acids is 1. The largest absolute Gasteiger partial charge is 0.394 e. The monoisotopic (exact) mass is 904 g/mol. The first kappa shape index (κ1) is 62.8. The van der Waals surface area contributed by atoms with Crippen LogP contribution in [-0.4, -0.2) is 57.3 Å². The van der Waals surface area contributed by atoms with E-state index >= 15 is 0 Å². The van der Waals surface area contributed by atoms with E-state index in [-0.39, 0.29) is 0 Å². The Morgan fingerprint density at radius 3 is 0.984 bits per heavy atom. The lowest BCUT2D eigenvalue weighted by Gasteiger charge is -2.27. The van der Waals surface area contributed by atoms with Crippen LogP contribution in [0.3, 0.4) is 0 Å². The third-order valence-electron chi connectivity index (χ3n) is 13.6. The number of amides is 1. The predicted octanol–water partition coefficient (Wildman–Crippen LogP) is 16.6. The molecule has 0 aliphatic heterocycles. The van der Waals surface area contributed by atoms with Crippen LogP contribution in [0, 0.1) is 0 Å². The summed E-state index contributed by atoms with van der Waals surface area (Å²) in [5.41, 5.74) is 0. The number of allylic oxidation sites excluding steroid dienone is 4. The zero-order valence-corrected chi connectivity index (χ0v) is 43.0. The van der Waals surface area contributed by atoms with Gasteiger partial charge in [0.05, 0.1) is 18.8 Å². The molecule has 0 bridgehead atoms. The molecule has 64 heavy (non-hydrogen) atoms. The van der Waals surface area contributed by atoms with Gasteiger partial charge in [0.15, 0.2) is 0 Å². The molecule has 0 aromatic rings. The molecule has 0 aromatic heterocycles. The van der Waals surface area contributed by atoms with E-state index in [4.69, 9.17) is 0 Å². The fourth-order valence-electron chi connectivity index (χ4n) is 9.13. The molecule has 1 amide bonds. The summed E-state index contributed by atoms with van der Waals surface area (Å²) in [7, 11) is 0. The second kappa shape index (κ2) is 52.8. The van der Waals surface area contributed by atoms with Crippen LogP contribution in [0.4, 0.5) is 0 Å². The fraction of sp³-hybridized carbons (Fsp3) is 0.914. The first-order chi connectivity index (χ1) is 31.5. The van der Waals surface area contributed by atoms with Gasteiger partial charge in [0.2, 0.25) is 5.91 Å². The number of aliphatic hydroxyl groups excluding tert-OH is 4. The molecule has 0 saturated heterocycles. The summed E-state index contributed by atoms with van der Waals surface area (Å²) in [5, 5.41) is 43.9. The van der Waals surface area contributed by atoms with Gasteiger partial charge in [-0.1, -0.05) is 282 Å². The Balaban J connectivity index is 3.63. The summed E-state index contributed by atoms with van der Waals surface area (Å²) in [4.78, 5) is 12.6. The molecule has 0 fully saturated rings. The van der Waals surface area contributed by atoms with Gasteiger partial charge in [0, 0.05) is 0 Å². The molecule has 0 rings (SSSR count). The van der Waals surface area contributed by atoms with Crippen molar-refractivity contribution in [2.45, 2.75) is 334 Å². The van der Waals surface area contributed by atoms with Crippen LogP contribution < -0.4 is 5.32 Å². The molecule has 0 radical (unpaired) electrons. The van der Waals surface area contributed by atoms with E-state index in [0.29, 0.717) is 19.3 Å². The van der Waals surface area contributed by atoms with E-state index in [0.717, 1.165) is 38.5 Å². The third-order valence-corrected chi connectivity index (χ3v) is 13.6. The number of aliphatic hydroxyl groups is 4. The van der Waals surface area contributed by atoms with Crippen molar-refractivity contribution in [3.8, 4) is 0 Å². The maximum absolute atomic E-state index is 12.6. The van der Waals surface area contributed by atoms with Crippen molar-refractivity contribution in [3.63, 3.8) is 0 Å². The van der Waals surface area contributed by atoms with Gasteiger partial charge in [-0.3, -0.25) is 4.79 Å². The average molecular weight is 905 g/mol. The smallest absolute Gasteiger partial charge is 0.249 e. The maximum atomic E-state index is 12.6. The van der Waals surface area contributed by atoms with Gasteiger partial charge in [-0.15, -0.1) is 0 Å². The highest BCUT2D eigenvalue weighted by Crippen LogP contribution is 2.18. The summed E-state index contributed by atoms with van der Waals surface area (Å²) in [6, 6.07) is -1.01. The second-order valence-corrected chi connectivity index (χ2v) is 20.0. The fourth-order valence-corrected chi connectivity index (χ4v) is 9.13. The molecule has 0 saturated carbocycles. The molecule has 0 aromatic carbocycles. The summed E-state index contributed by atoms with van der Waals surface area (Å²) < 4.78 is 0. The molecule has 0 heterocycles. The van der Waals surface area contributed by atoms with E-state index < -0.39 is 36.9 Å². The van der Waals surface area contributed by atoms with Gasteiger partial charge >= 0.3 is 0 Å². The van der Waals surface area contributed by atoms with E-state index in [1.54, 1.807) is 0 Å². The van der Waals surface area contributed by atoms with Crippen molar-refractivity contribution in [2.75, 3.05) is 6.61 Å². The number of nitrogens with one attached hydrogen (secondary N) is 1. The standard InChI is InChI=1S/C58H113NO5/c1-3-5-7-9-11-13-15-17-19-21-22-23-24-25-26-27-28-29-30-31-32-33-34-36-37-39-41-43-45-47-49-51-55(61)57(63)54(53-60)59-58(64)56(62)52-50-48-46-44-42-40-38-35-20-18-16-14-12-10-8-6-4-2/h36-37,43,45,54-57,60-63H,3-35,38-42,44,46-53H2,1-2H3,(H,59,64)/b37-36+,45-43+. The van der Waals surface area contributed by atoms with E-state index in [2.05, 4.69) is 43.5 Å². The molecule has 0 spiro atoms. The summed E-state index contributed by atoms with van der Waals surface area (Å²) in [5.74, 6) is -0.593. The van der Waals surface area contributed by atoms with Gasteiger partial charge in [-0.25, -0.2) is 0 Å². The van der Waals surface area contributed by atoms with Gasteiger partial charge in [-0.05, 0) is 51.4 Å². The lowest BCUT2D eigenvalue weighted by Crippen LogP contribution is -2.53. The van der Waals surface area contributed by atoms with Crippen LogP contribution >= 0.6 is 0 Å². The Hall–Kier alpha value is -1.21. The van der Waals surface area contributed by atoms with Crippen LogP contribution in [0.15, 0.2) is 24.3 Å². The van der Waals surface area contributed by atoms with Crippen molar-refractivity contribution >= 4 is 5.91 Å². The van der Waals surface area contributed by atoms with Gasteiger partial charge in [0.1, 0.15) is 12.2 Å². The molecule has 6 nitrogen and oxygen atoms in total. The molecule has 380 valence electrons. The van der Waals surface area contributed by atoms with Crippen molar-refractivity contribution < 1.29 is 25.2 Å². The zero-order chi connectivity index (χ0) is 46.7. The molecule has 6 heteroatoms. The average Bonchev–Trinajstić information content (AvgIpc) is 3.30. The number of carbonyl (C=O) groups is 1. The van der Waals surface area contributed by atoms with Gasteiger partial charge in [-0.2, -0.15) is 0 Å². The Kier molecular flexibility index (Phi) is 51.8. The first-order valence-corrected chi connectivity index (χ1v) is 28.7. The SMILES string of the molecule is CCCCCCCCCCCCCCCCCCCCCCCC/C=C/CC/C=C/CCCC(O)C(O)C(CO)NC(=O)C(O)CCCCCCCCCCCCCCCCCCC. The molecular formula is C58H113NO5. The normalized spacial score (nSPS) is 13.9. The minimum Gasteiger partial charge on any atom is -0.394 e. The number of rotatable bonds is 53. The summed E-state index contributed by atoms with van der Waals surface area (Å²) in [6.07, 6.45) is 64.0. The van der Waals surface area contributed by atoms with Crippen LogP contribution in [0.2, 0.25) is 0 Å². The van der Waals surface area contributed by atoms with E-state index in [9.17, 15) is 25.2 Å². The second-order valence-electron chi connectivity index (χ2n) is 20.0. The highest BCUT2D eigenvalue weighted by Gasteiger charge is 2.28. The van der Waals surface area contributed by atoms with Crippen molar-refractivity contribution in [2.24, 2.45) is 0 Å². The minimum absolute atomic E-state index is 0.364. The topological polar surface area (TPSA) is 110 Å². The quantitative estimate of drug-likeness (QED) is 0.0308. The number of hydrogen-bond acceptors (Lipinski definition) is 5. The minimum atomic E-state index is -1.29. The Morgan fingerprint density at radius 2 is 0.656 bits per heavy atom. The first-order valence-electron chi connectivity index (χ1n) is 28.7. The summed E-state index contributed by atoms with van der Waals surface area (Å²) in [6.45, 7) is 4.07. The molecule has 5 N–H and O–H groups in total. The van der Waals surface area contributed by atoms with Crippen molar-refractivity contribution in [1.29, 1.82) is 0 Å². The van der Waals surface area contributed by atoms with Crippen molar-refractivity contribution in [3.05, 3.63) is 24.3 Å². The molecule has 0 aliphatic rings. The molecule has 4 atom stereocenters. The Labute approximate surface area is 399 Å². The maximum Gasteiger partial charge on any atom is 0.249 e. The Morgan fingerprint density at radius 1 is 0.375 bits per heavy atom. The van der Waals surface area contributed by atoms with Gasteiger partial charge in [0.25, 0.3) is 0 Å².